The SMILES string of the molecule is CCNCC1(CN(C)Cc2ccoc2C)CCCC1. The molecule has 1 N–H and O–H groups in total. The maximum absolute atomic E-state index is 5.39. The van der Waals surface area contributed by atoms with Crippen LogP contribution in [0.3, 0.4) is 0 Å². The zero-order valence-electron chi connectivity index (χ0n) is 12.7. The highest BCUT2D eigenvalue weighted by Crippen LogP contribution is 2.38. The minimum atomic E-state index is 0.488. The lowest BCUT2D eigenvalue weighted by molar-refractivity contribution is 0.168. The predicted molar refractivity (Wildman–Crippen MR) is 79.2 cm³/mol. The van der Waals surface area contributed by atoms with Gasteiger partial charge in [0.2, 0.25) is 0 Å². The van der Waals surface area contributed by atoms with Gasteiger partial charge in [-0.3, -0.25) is 0 Å². The summed E-state index contributed by atoms with van der Waals surface area (Å²) in [7, 11) is 2.23. The van der Waals surface area contributed by atoms with E-state index in [1.165, 1.54) is 37.8 Å². The van der Waals surface area contributed by atoms with Crippen LogP contribution >= 0.6 is 0 Å². The Balaban J connectivity index is 1.91. The van der Waals surface area contributed by atoms with E-state index in [2.05, 4.69) is 30.3 Å². The van der Waals surface area contributed by atoms with Crippen LogP contribution in [0.2, 0.25) is 0 Å². The summed E-state index contributed by atoms with van der Waals surface area (Å²) in [5, 5.41) is 3.56. The Morgan fingerprint density at radius 1 is 1.37 bits per heavy atom. The van der Waals surface area contributed by atoms with Crippen molar-refractivity contribution < 1.29 is 4.42 Å². The van der Waals surface area contributed by atoms with Crippen molar-refractivity contribution in [2.24, 2.45) is 5.41 Å². The lowest BCUT2D eigenvalue weighted by atomic mass is 9.85. The molecule has 0 spiro atoms. The molecule has 0 amide bonds. The van der Waals surface area contributed by atoms with Gasteiger partial charge in [0, 0.05) is 25.2 Å². The van der Waals surface area contributed by atoms with Crippen molar-refractivity contribution in [1.82, 2.24) is 10.2 Å². The van der Waals surface area contributed by atoms with Crippen LogP contribution in [-0.4, -0.2) is 31.6 Å². The standard InChI is InChI=1S/C16H28N2O/c1-4-17-12-16(8-5-6-9-16)13-18(3)11-15-7-10-19-14(15)2/h7,10,17H,4-6,8-9,11-13H2,1-3H3. The molecule has 0 radical (unpaired) electrons. The molecule has 0 unspecified atom stereocenters. The second-order valence-corrected chi connectivity index (χ2v) is 6.16. The lowest BCUT2D eigenvalue weighted by Gasteiger charge is -2.34. The Kier molecular flexibility index (Phi) is 5.06. The quantitative estimate of drug-likeness (QED) is 0.820. The number of nitrogens with zero attached hydrogens (tertiary/aromatic N) is 1. The van der Waals surface area contributed by atoms with Gasteiger partial charge >= 0.3 is 0 Å². The minimum absolute atomic E-state index is 0.488. The number of nitrogens with one attached hydrogen (secondary N) is 1. The van der Waals surface area contributed by atoms with E-state index in [1.54, 1.807) is 6.26 Å². The summed E-state index contributed by atoms with van der Waals surface area (Å²) in [4.78, 5) is 2.46. The van der Waals surface area contributed by atoms with Crippen LogP contribution in [0.1, 0.15) is 43.9 Å². The molecule has 1 aliphatic carbocycles. The fraction of sp³-hybridized carbons (Fsp3) is 0.750. The van der Waals surface area contributed by atoms with E-state index in [4.69, 9.17) is 4.42 Å². The normalized spacial score (nSPS) is 18.3. The summed E-state index contributed by atoms with van der Waals surface area (Å²) in [6.07, 6.45) is 7.32. The van der Waals surface area contributed by atoms with E-state index >= 15 is 0 Å². The molecule has 1 heterocycles. The summed E-state index contributed by atoms with van der Waals surface area (Å²) in [5.41, 5.74) is 1.81. The summed E-state index contributed by atoms with van der Waals surface area (Å²) in [5.74, 6) is 1.05. The Morgan fingerprint density at radius 3 is 2.68 bits per heavy atom. The average Bonchev–Trinajstić information content (AvgIpc) is 2.98. The summed E-state index contributed by atoms with van der Waals surface area (Å²) < 4.78 is 5.39. The molecule has 0 bridgehead atoms. The van der Waals surface area contributed by atoms with Crippen LogP contribution in [0.4, 0.5) is 0 Å². The van der Waals surface area contributed by atoms with Crippen LogP contribution in [-0.2, 0) is 6.54 Å². The molecule has 1 saturated carbocycles. The van der Waals surface area contributed by atoms with Gasteiger partial charge in [-0.25, -0.2) is 0 Å². The topological polar surface area (TPSA) is 28.4 Å². The zero-order chi connectivity index (χ0) is 13.7. The van der Waals surface area contributed by atoms with Crippen LogP contribution in [0.5, 0.6) is 0 Å². The number of hydrogen-bond donors (Lipinski definition) is 1. The Morgan fingerprint density at radius 2 is 2.11 bits per heavy atom. The molecule has 0 saturated heterocycles. The van der Waals surface area contributed by atoms with Crippen LogP contribution in [0.25, 0.3) is 0 Å². The van der Waals surface area contributed by atoms with Crippen molar-refractivity contribution in [3.05, 3.63) is 23.7 Å². The van der Waals surface area contributed by atoms with Gasteiger partial charge in [0.1, 0.15) is 5.76 Å². The maximum Gasteiger partial charge on any atom is 0.105 e. The Hall–Kier alpha value is -0.800. The highest BCUT2D eigenvalue weighted by atomic mass is 16.3. The molecule has 0 aliphatic heterocycles. The number of aryl methyl sites for hydroxylation is 1. The third-order valence-corrected chi connectivity index (χ3v) is 4.43. The molecule has 3 heteroatoms. The highest BCUT2D eigenvalue weighted by molar-refractivity contribution is 5.15. The molecule has 1 aliphatic rings. The van der Waals surface area contributed by atoms with E-state index in [0.29, 0.717) is 5.41 Å². The molecule has 1 fully saturated rings. The molecular weight excluding hydrogens is 236 g/mol. The van der Waals surface area contributed by atoms with Crippen LogP contribution in [0, 0.1) is 12.3 Å². The second-order valence-electron chi connectivity index (χ2n) is 6.16. The largest absolute Gasteiger partial charge is 0.469 e. The van der Waals surface area contributed by atoms with Crippen molar-refractivity contribution in [3.63, 3.8) is 0 Å². The van der Waals surface area contributed by atoms with Gasteiger partial charge < -0.3 is 14.6 Å². The van der Waals surface area contributed by atoms with Gasteiger partial charge in [-0.1, -0.05) is 19.8 Å². The van der Waals surface area contributed by atoms with Gasteiger partial charge in [-0.15, -0.1) is 0 Å². The van der Waals surface area contributed by atoms with Gasteiger partial charge in [0.15, 0.2) is 0 Å². The number of rotatable bonds is 7. The van der Waals surface area contributed by atoms with E-state index in [1.807, 2.05) is 6.92 Å². The first-order valence-electron chi connectivity index (χ1n) is 7.57. The van der Waals surface area contributed by atoms with Crippen molar-refractivity contribution in [2.75, 3.05) is 26.7 Å². The van der Waals surface area contributed by atoms with Gasteiger partial charge in [0.05, 0.1) is 6.26 Å². The van der Waals surface area contributed by atoms with Crippen molar-refractivity contribution in [2.45, 2.75) is 46.1 Å². The van der Waals surface area contributed by atoms with E-state index in [-0.39, 0.29) is 0 Å². The van der Waals surface area contributed by atoms with E-state index < -0.39 is 0 Å². The van der Waals surface area contributed by atoms with E-state index in [0.717, 1.165) is 25.4 Å². The van der Waals surface area contributed by atoms with Crippen molar-refractivity contribution in [3.8, 4) is 0 Å². The molecule has 19 heavy (non-hydrogen) atoms. The number of hydrogen-bond acceptors (Lipinski definition) is 3. The Labute approximate surface area is 117 Å². The average molecular weight is 264 g/mol. The first kappa shape index (κ1) is 14.6. The molecule has 1 aromatic rings. The summed E-state index contributed by atoms with van der Waals surface area (Å²) in [6, 6.07) is 2.09. The minimum Gasteiger partial charge on any atom is -0.469 e. The highest BCUT2D eigenvalue weighted by Gasteiger charge is 2.34. The number of furan rings is 1. The van der Waals surface area contributed by atoms with Crippen LogP contribution in [0.15, 0.2) is 16.7 Å². The summed E-state index contributed by atoms with van der Waals surface area (Å²) in [6.45, 7) is 8.67. The lowest BCUT2D eigenvalue weighted by Crippen LogP contribution is -2.41. The Bertz CT molecular complexity index is 380. The first-order valence-corrected chi connectivity index (χ1v) is 7.57. The smallest absolute Gasteiger partial charge is 0.105 e. The van der Waals surface area contributed by atoms with Gasteiger partial charge in [-0.05, 0) is 44.8 Å². The molecule has 1 aromatic heterocycles. The third-order valence-electron chi connectivity index (χ3n) is 4.43. The molecule has 0 aromatic carbocycles. The predicted octanol–water partition coefficient (Wildman–Crippen LogP) is 3.19. The molecule has 2 rings (SSSR count). The van der Waals surface area contributed by atoms with Gasteiger partial charge in [-0.2, -0.15) is 0 Å². The molecule has 0 atom stereocenters. The second kappa shape index (κ2) is 6.58. The fourth-order valence-electron chi connectivity index (χ4n) is 3.40. The molecule has 3 nitrogen and oxygen atoms in total. The summed E-state index contributed by atoms with van der Waals surface area (Å²) >= 11 is 0. The van der Waals surface area contributed by atoms with Crippen molar-refractivity contribution in [1.29, 1.82) is 0 Å². The fourth-order valence-corrected chi connectivity index (χ4v) is 3.40. The van der Waals surface area contributed by atoms with Gasteiger partial charge in [0.25, 0.3) is 0 Å². The molecule has 108 valence electrons. The maximum atomic E-state index is 5.39. The van der Waals surface area contributed by atoms with Crippen LogP contribution < -0.4 is 5.32 Å². The monoisotopic (exact) mass is 264 g/mol. The molecular formula is C16H28N2O. The first-order chi connectivity index (χ1) is 9.15. The zero-order valence-corrected chi connectivity index (χ0v) is 12.7. The third kappa shape index (κ3) is 3.83. The van der Waals surface area contributed by atoms with E-state index in [9.17, 15) is 0 Å². The van der Waals surface area contributed by atoms with Crippen molar-refractivity contribution >= 4 is 0 Å².